The molecule has 0 radical (unpaired) electrons. The van der Waals surface area contributed by atoms with E-state index >= 15 is 0 Å². The predicted octanol–water partition coefficient (Wildman–Crippen LogP) is 3.50. The van der Waals surface area contributed by atoms with Gasteiger partial charge in [0.1, 0.15) is 17.3 Å². The maximum Gasteiger partial charge on any atom is 0.270 e. The van der Waals surface area contributed by atoms with Crippen molar-refractivity contribution in [1.29, 1.82) is 0 Å². The van der Waals surface area contributed by atoms with E-state index < -0.39 is 23.6 Å². The second-order valence-electron chi connectivity index (χ2n) is 4.22. The fourth-order valence-corrected chi connectivity index (χ4v) is 1.89. The van der Waals surface area contributed by atoms with Gasteiger partial charge in [0.25, 0.3) is 5.91 Å². The first-order valence-corrected chi connectivity index (χ1v) is 6.22. The van der Waals surface area contributed by atoms with Gasteiger partial charge in [0.05, 0.1) is 6.04 Å². The predicted molar refractivity (Wildman–Crippen MR) is 71.5 cm³/mol. The lowest BCUT2D eigenvalue weighted by Crippen LogP contribution is -2.28. The molecule has 0 aliphatic rings. The fraction of sp³-hybridized carbons (Fsp3) is 0.143. The van der Waals surface area contributed by atoms with Crippen LogP contribution in [0.2, 0.25) is 5.02 Å². The van der Waals surface area contributed by atoms with Gasteiger partial charge in [-0.1, -0.05) is 17.7 Å². The Hall–Kier alpha value is -2.01. The van der Waals surface area contributed by atoms with Crippen LogP contribution >= 0.6 is 11.6 Å². The second kappa shape index (κ2) is 5.96. The molecule has 1 atom stereocenters. The van der Waals surface area contributed by atoms with Crippen LogP contribution in [0.4, 0.5) is 8.78 Å². The normalized spacial score (nSPS) is 12.0. The lowest BCUT2D eigenvalue weighted by Gasteiger charge is -2.14. The van der Waals surface area contributed by atoms with Crippen molar-refractivity contribution in [2.24, 2.45) is 0 Å². The number of nitrogens with zero attached hydrogens (tertiary/aromatic N) is 1. The number of hydrogen-bond acceptors (Lipinski definition) is 2. The van der Waals surface area contributed by atoms with Crippen LogP contribution in [0.25, 0.3) is 0 Å². The lowest BCUT2D eigenvalue weighted by atomic mass is 10.1. The summed E-state index contributed by atoms with van der Waals surface area (Å²) < 4.78 is 26.4. The Bertz CT molecular complexity index is 649. The Labute approximate surface area is 119 Å². The molecule has 1 aromatic heterocycles. The van der Waals surface area contributed by atoms with E-state index in [1.54, 1.807) is 13.0 Å². The highest BCUT2D eigenvalue weighted by Crippen LogP contribution is 2.18. The Morgan fingerprint density at radius 3 is 2.70 bits per heavy atom. The highest BCUT2D eigenvalue weighted by Gasteiger charge is 2.16. The van der Waals surface area contributed by atoms with Crippen LogP contribution in [0, 0.1) is 11.6 Å². The smallest absolute Gasteiger partial charge is 0.270 e. The number of pyridine rings is 1. The summed E-state index contributed by atoms with van der Waals surface area (Å²) in [6.07, 6.45) is 1.40. The second-order valence-corrected chi connectivity index (χ2v) is 4.66. The Morgan fingerprint density at radius 1 is 1.30 bits per heavy atom. The summed E-state index contributed by atoms with van der Waals surface area (Å²) in [5, 5.41) is 2.96. The first kappa shape index (κ1) is 14.4. The number of carbonyl (C=O) groups excluding carboxylic acids is 1. The number of rotatable bonds is 3. The minimum absolute atomic E-state index is 0.131. The molecule has 1 heterocycles. The molecule has 104 valence electrons. The molecule has 0 bridgehead atoms. The number of amides is 1. The Morgan fingerprint density at radius 2 is 2.05 bits per heavy atom. The molecule has 6 heteroatoms. The number of carbonyl (C=O) groups is 1. The maximum atomic E-state index is 13.6. The number of hydrogen-bond donors (Lipinski definition) is 1. The van der Waals surface area contributed by atoms with Gasteiger partial charge < -0.3 is 5.32 Å². The van der Waals surface area contributed by atoms with Crippen molar-refractivity contribution >= 4 is 17.5 Å². The van der Waals surface area contributed by atoms with Crippen LogP contribution in [-0.4, -0.2) is 10.9 Å². The fourth-order valence-electron chi connectivity index (χ4n) is 1.73. The number of nitrogens with one attached hydrogen (secondary N) is 1. The van der Waals surface area contributed by atoms with E-state index in [0.717, 1.165) is 12.1 Å². The van der Waals surface area contributed by atoms with Gasteiger partial charge in [-0.25, -0.2) is 8.78 Å². The van der Waals surface area contributed by atoms with Crippen LogP contribution in [-0.2, 0) is 0 Å². The van der Waals surface area contributed by atoms with Gasteiger partial charge >= 0.3 is 0 Å². The van der Waals surface area contributed by atoms with Gasteiger partial charge in [0.2, 0.25) is 0 Å². The molecular formula is C14H11ClF2N2O. The third kappa shape index (κ3) is 3.30. The van der Waals surface area contributed by atoms with E-state index in [9.17, 15) is 13.6 Å². The van der Waals surface area contributed by atoms with Gasteiger partial charge in [0, 0.05) is 22.8 Å². The van der Waals surface area contributed by atoms with Crippen LogP contribution in [0.1, 0.15) is 29.0 Å². The average molecular weight is 297 g/mol. The molecule has 20 heavy (non-hydrogen) atoms. The first-order valence-electron chi connectivity index (χ1n) is 5.84. The van der Waals surface area contributed by atoms with Crippen molar-refractivity contribution in [3.05, 3.63) is 64.4 Å². The van der Waals surface area contributed by atoms with Crippen LogP contribution < -0.4 is 5.32 Å². The number of aromatic nitrogens is 1. The maximum absolute atomic E-state index is 13.6. The molecule has 1 aromatic carbocycles. The van der Waals surface area contributed by atoms with Crippen molar-refractivity contribution < 1.29 is 13.6 Å². The van der Waals surface area contributed by atoms with E-state index in [1.165, 1.54) is 18.3 Å². The molecule has 1 unspecified atom stereocenters. The Kier molecular flexibility index (Phi) is 4.29. The molecule has 0 saturated carbocycles. The zero-order valence-corrected chi connectivity index (χ0v) is 11.3. The number of halogens is 3. The molecule has 0 saturated heterocycles. The van der Waals surface area contributed by atoms with E-state index in [0.29, 0.717) is 5.02 Å². The first-order chi connectivity index (χ1) is 9.47. The largest absolute Gasteiger partial charge is 0.344 e. The molecule has 1 N–H and O–H groups in total. The van der Waals surface area contributed by atoms with E-state index in [1.807, 2.05) is 0 Å². The van der Waals surface area contributed by atoms with Crippen LogP contribution in [0.15, 0.2) is 36.5 Å². The summed E-state index contributed by atoms with van der Waals surface area (Å²) in [7, 11) is 0. The summed E-state index contributed by atoms with van der Waals surface area (Å²) >= 11 is 5.76. The minimum atomic E-state index is -0.711. The van der Waals surface area contributed by atoms with E-state index in [2.05, 4.69) is 10.3 Å². The highest BCUT2D eigenvalue weighted by molar-refractivity contribution is 6.30. The molecule has 2 aromatic rings. The quantitative estimate of drug-likeness (QED) is 0.942. The van der Waals surface area contributed by atoms with Gasteiger partial charge in [-0.05, 0) is 25.1 Å². The molecular weight excluding hydrogens is 286 g/mol. The topological polar surface area (TPSA) is 42.0 Å². The van der Waals surface area contributed by atoms with Crippen molar-refractivity contribution in [2.75, 3.05) is 0 Å². The molecule has 0 aliphatic heterocycles. The zero-order chi connectivity index (χ0) is 14.7. The molecule has 2 rings (SSSR count). The van der Waals surface area contributed by atoms with Crippen molar-refractivity contribution in [3.63, 3.8) is 0 Å². The van der Waals surface area contributed by atoms with E-state index in [4.69, 9.17) is 11.6 Å². The van der Waals surface area contributed by atoms with Crippen LogP contribution in [0.3, 0.4) is 0 Å². The lowest BCUT2D eigenvalue weighted by molar-refractivity contribution is 0.0934. The number of benzene rings is 1. The van der Waals surface area contributed by atoms with Crippen LogP contribution in [0.5, 0.6) is 0 Å². The zero-order valence-electron chi connectivity index (χ0n) is 10.5. The van der Waals surface area contributed by atoms with Gasteiger partial charge in [0.15, 0.2) is 0 Å². The average Bonchev–Trinajstić information content (AvgIpc) is 2.38. The minimum Gasteiger partial charge on any atom is -0.344 e. The molecule has 3 nitrogen and oxygen atoms in total. The third-order valence-corrected chi connectivity index (χ3v) is 2.97. The summed E-state index contributed by atoms with van der Waals surface area (Å²) in [6.45, 7) is 1.60. The van der Waals surface area contributed by atoms with Crippen molar-refractivity contribution in [3.8, 4) is 0 Å². The third-order valence-electron chi connectivity index (χ3n) is 2.73. The van der Waals surface area contributed by atoms with E-state index in [-0.39, 0.29) is 11.3 Å². The summed E-state index contributed by atoms with van der Waals surface area (Å²) in [4.78, 5) is 15.8. The molecule has 0 aliphatic carbocycles. The summed E-state index contributed by atoms with van der Waals surface area (Å²) in [5.41, 5.74) is 0.327. The SMILES string of the molecule is CC(NC(=O)c1cc(Cl)ccn1)c1ccc(F)cc1F. The van der Waals surface area contributed by atoms with Crippen molar-refractivity contribution in [1.82, 2.24) is 10.3 Å². The molecule has 1 amide bonds. The molecule has 0 fully saturated rings. The Balaban J connectivity index is 2.15. The van der Waals surface area contributed by atoms with Gasteiger partial charge in [-0.15, -0.1) is 0 Å². The summed E-state index contributed by atoms with van der Waals surface area (Å²) in [6, 6.07) is 5.53. The monoisotopic (exact) mass is 296 g/mol. The summed E-state index contributed by atoms with van der Waals surface area (Å²) in [5.74, 6) is -1.86. The van der Waals surface area contributed by atoms with Gasteiger partial charge in [-0.3, -0.25) is 9.78 Å². The van der Waals surface area contributed by atoms with Gasteiger partial charge in [-0.2, -0.15) is 0 Å². The van der Waals surface area contributed by atoms with Crippen molar-refractivity contribution in [2.45, 2.75) is 13.0 Å². The standard InChI is InChI=1S/C14H11ClF2N2O/c1-8(11-3-2-10(16)7-12(11)17)19-14(20)13-6-9(15)4-5-18-13/h2-8H,1H3,(H,19,20). The molecule has 0 spiro atoms. The highest BCUT2D eigenvalue weighted by atomic mass is 35.5.